The van der Waals surface area contributed by atoms with E-state index >= 15 is 0 Å². The van der Waals surface area contributed by atoms with E-state index in [1.54, 1.807) is 12.1 Å². The standard InChI is InChI=1S/C26H27N3O2/c1-19-13-15-20(16-14-19)23-17-24(22-11-7-8-12-25(22)31-3)29(27-23)26(30)18-28(2)21-9-5-4-6-10-21/h4-16,24H,17-18H2,1-3H3/t24-/m1/s1. The molecule has 0 radical (unpaired) electrons. The molecule has 31 heavy (non-hydrogen) atoms. The Morgan fingerprint density at radius 2 is 1.71 bits per heavy atom. The first-order chi connectivity index (χ1) is 15.1. The molecule has 4 rings (SSSR count). The molecule has 158 valence electrons. The average molecular weight is 414 g/mol. The summed E-state index contributed by atoms with van der Waals surface area (Å²) in [7, 11) is 3.58. The molecular formula is C26H27N3O2. The number of methoxy groups -OCH3 is 1. The normalized spacial score (nSPS) is 15.5. The third-order valence-corrected chi connectivity index (χ3v) is 5.62. The minimum Gasteiger partial charge on any atom is -0.496 e. The second-order valence-electron chi connectivity index (χ2n) is 7.80. The van der Waals surface area contributed by atoms with Crippen molar-refractivity contribution in [2.45, 2.75) is 19.4 Å². The van der Waals surface area contributed by atoms with E-state index in [9.17, 15) is 4.79 Å². The maximum absolute atomic E-state index is 13.4. The third-order valence-electron chi connectivity index (χ3n) is 5.62. The second-order valence-corrected chi connectivity index (χ2v) is 7.80. The molecule has 0 N–H and O–H groups in total. The van der Waals surface area contributed by atoms with Gasteiger partial charge in [-0.15, -0.1) is 0 Å². The minimum absolute atomic E-state index is 0.0515. The van der Waals surface area contributed by atoms with Gasteiger partial charge in [-0.2, -0.15) is 5.10 Å². The van der Waals surface area contributed by atoms with E-state index in [1.165, 1.54) is 5.56 Å². The average Bonchev–Trinajstić information content (AvgIpc) is 3.25. The third kappa shape index (κ3) is 4.45. The quantitative estimate of drug-likeness (QED) is 0.582. The van der Waals surface area contributed by atoms with Crippen LogP contribution in [0.15, 0.2) is 84.0 Å². The predicted molar refractivity (Wildman–Crippen MR) is 125 cm³/mol. The maximum atomic E-state index is 13.4. The zero-order chi connectivity index (χ0) is 21.8. The zero-order valence-corrected chi connectivity index (χ0v) is 18.2. The molecule has 1 heterocycles. The molecule has 0 aromatic heterocycles. The number of para-hydroxylation sites is 2. The van der Waals surface area contributed by atoms with Gasteiger partial charge in [-0.25, -0.2) is 5.01 Å². The van der Waals surface area contributed by atoms with Gasteiger partial charge in [0.15, 0.2) is 0 Å². The molecule has 0 fully saturated rings. The Bertz CT molecular complexity index is 1080. The van der Waals surface area contributed by atoms with E-state index in [0.717, 1.165) is 28.3 Å². The van der Waals surface area contributed by atoms with Crippen LogP contribution >= 0.6 is 0 Å². The molecule has 3 aromatic carbocycles. The molecule has 0 bridgehead atoms. The lowest BCUT2D eigenvalue weighted by Crippen LogP contribution is -2.36. The Labute approximate surface area is 183 Å². The summed E-state index contributed by atoms with van der Waals surface area (Å²) in [5, 5.41) is 6.42. The second kappa shape index (κ2) is 9.04. The highest BCUT2D eigenvalue weighted by atomic mass is 16.5. The van der Waals surface area contributed by atoms with E-state index < -0.39 is 0 Å². The van der Waals surface area contributed by atoms with Gasteiger partial charge in [0.1, 0.15) is 5.75 Å². The summed E-state index contributed by atoms with van der Waals surface area (Å²) in [6, 6.07) is 25.8. The highest BCUT2D eigenvalue weighted by molar-refractivity contribution is 6.03. The predicted octanol–water partition coefficient (Wildman–Crippen LogP) is 4.82. The van der Waals surface area contributed by atoms with E-state index in [2.05, 4.69) is 31.2 Å². The number of hydrogen-bond donors (Lipinski definition) is 0. The minimum atomic E-state index is -0.205. The molecule has 1 aliphatic rings. The topological polar surface area (TPSA) is 45.1 Å². The van der Waals surface area contributed by atoms with Gasteiger partial charge >= 0.3 is 0 Å². The van der Waals surface area contributed by atoms with Gasteiger partial charge < -0.3 is 9.64 Å². The van der Waals surface area contributed by atoms with E-state index in [4.69, 9.17) is 9.84 Å². The Balaban J connectivity index is 1.65. The van der Waals surface area contributed by atoms with E-state index in [1.807, 2.05) is 66.5 Å². The van der Waals surface area contributed by atoms with Crippen LogP contribution in [0.2, 0.25) is 0 Å². The van der Waals surface area contributed by atoms with Gasteiger partial charge in [0.25, 0.3) is 5.91 Å². The summed E-state index contributed by atoms with van der Waals surface area (Å²) >= 11 is 0. The molecule has 0 unspecified atom stereocenters. The van der Waals surface area contributed by atoms with Crippen molar-refractivity contribution in [3.05, 3.63) is 95.6 Å². The summed E-state index contributed by atoms with van der Waals surface area (Å²) in [5.74, 6) is 0.714. The van der Waals surface area contributed by atoms with Crippen LogP contribution in [0.1, 0.15) is 29.2 Å². The van der Waals surface area contributed by atoms with Crippen molar-refractivity contribution in [3.8, 4) is 5.75 Å². The molecule has 0 spiro atoms. The van der Waals surface area contributed by atoms with Crippen molar-refractivity contribution in [3.63, 3.8) is 0 Å². The summed E-state index contributed by atoms with van der Waals surface area (Å²) in [6.07, 6.45) is 0.643. The number of hydrazone groups is 1. The Morgan fingerprint density at radius 1 is 1.03 bits per heavy atom. The van der Waals surface area contributed by atoms with Crippen LogP contribution in [-0.4, -0.2) is 37.3 Å². The smallest absolute Gasteiger partial charge is 0.262 e. The largest absolute Gasteiger partial charge is 0.496 e. The lowest BCUT2D eigenvalue weighted by molar-refractivity contribution is -0.131. The molecule has 0 saturated carbocycles. The lowest BCUT2D eigenvalue weighted by atomic mass is 9.97. The number of benzene rings is 3. The number of carbonyl (C=O) groups is 1. The Hall–Kier alpha value is -3.60. The van der Waals surface area contributed by atoms with Crippen LogP contribution in [0.25, 0.3) is 0 Å². The Morgan fingerprint density at radius 3 is 2.42 bits per heavy atom. The lowest BCUT2D eigenvalue weighted by Gasteiger charge is -2.26. The first-order valence-corrected chi connectivity index (χ1v) is 10.4. The van der Waals surface area contributed by atoms with Crippen LogP contribution in [0.4, 0.5) is 5.69 Å². The van der Waals surface area contributed by atoms with E-state index in [0.29, 0.717) is 6.42 Å². The molecular weight excluding hydrogens is 386 g/mol. The molecule has 1 aliphatic heterocycles. The Kier molecular flexibility index (Phi) is 6.03. The van der Waals surface area contributed by atoms with Gasteiger partial charge in [-0.05, 0) is 30.7 Å². The fraction of sp³-hybridized carbons (Fsp3) is 0.231. The number of ether oxygens (including phenoxy) is 1. The number of anilines is 1. The molecule has 3 aromatic rings. The highest BCUT2D eigenvalue weighted by Crippen LogP contribution is 2.37. The monoisotopic (exact) mass is 413 g/mol. The number of carbonyl (C=O) groups excluding carboxylic acids is 1. The number of hydrogen-bond acceptors (Lipinski definition) is 4. The van der Waals surface area contributed by atoms with Gasteiger partial charge in [0.05, 0.1) is 25.4 Å². The summed E-state index contributed by atoms with van der Waals surface area (Å²) in [6.45, 7) is 2.30. The van der Waals surface area contributed by atoms with Crippen molar-refractivity contribution < 1.29 is 9.53 Å². The van der Waals surface area contributed by atoms with Gasteiger partial charge in [-0.3, -0.25) is 4.79 Å². The first-order valence-electron chi connectivity index (χ1n) is 10.4. The van der Waals surface area contributed by atoms with Crippen molar-refractivity contribution in [2.24, 2.45) is 5.10 Å². The van der Waals surface area contributed by atoms with Crippen molar-refractivity contribution >= 4 is 17.3 Å². The summed E-state index contributed by atoms with van der Waals surface area (Å²) < 4.78 is 5.59. The van der Waals surface area contributed by atoms with Crippen LogP contribution in [-0.2, 0) is 4.79 Å². The van der Waals surface area contributed by atoms with E-state index in [-0.39, 0.29) is 18.5 Å². The van der Waals surface area contributed by atoms with Gasteiger partial charge in [-0.1, -0.05) is 66.2 Å². The molecule has 1 amide bonds. The van der Waals surface area contributed by atoms with Crippen LogP contribution < -0.4 is 9.64 Å². The zero-order valence-electron chi connectivity index (χ0n) is 18.2. The van der Waals surface area contributed by atoms with Gasteiger partial charge in [0, 0.05) is 24.7 Å². The number of rotatable bonds is 6. The SMILES string of the molecule is COc1ccccc1[C@H]1CC(c2ccc(C)cc2)=NN1C(=O)CN(C)c1ccccc1. The van der Waals surface area contributed by atoms with Crippen molar-refractivity contribution in [1.29, 1.82) is 0 Å². The highest BCUT2D eigenvalue weighted by Gasteiger charge is 2.35. The molecule has 0 saturated heterocycles. The van der Waals surface area contributed by atoms with Crippen molar-refractivity contribution in [2.75, 3.05) is 25.6 Å². The fourth-order valence-corrected chi connectivity index (χ4v) is 3.89. The van der Waals surface area contributed by atoms with Crippen molar-refractivity contribution in [1.82, 2.24) is 5.01 Å². The number of nitrogens with zero attached hydrogens (tertiary/aromatic N) is 3. The van der Waals surface area contributed by atoms with Crippen LogP contribution in [0.3, 0.4) is 0 Å². The number of aryl methyl sites for hydroxylation is 1. The number of amides is 1. The number of likely N-dealkylation sites (N-methyl/N-ethyl adjacent to an activating group) is 1. The van der Waals surface area contributed by atoms with Crippen LogP contribution in [0, 0.1) is 6.92 Å². The molecule has 1 atom stereocenters. The van der Waals surface area contributed by atoms with Crippen LogP contribution in [0.5, 0.6) is 5.75 Å². The maximum Gasteiger partial charge on any atom is 0.262 e. The molecule has 5 nitrogen and oxygen atoms in total. The summed E-state index contributed by atoms with van der Waals surface area (Å²) in [4.78, 5) is 15.3. The summed E-state index contributed by atoms with van der Waals surface area (Å²) in [5.41, 5.74) is 5.10. The first kappa shape index (κ1) is 20.7. The molecule has 0 aliphatic carbocycles. The fourth-order valence-electron chi connectivity index (χ4n) is 3.89. The molecule has 5 heteroatoms. The van der Waals surface area contributed by atoms with Gasteiger partial charge in [0.2, 0.25) is 0 Å².